The number of carbonyl (C=O) groups excluding carboxylic acids is 1. The number of nitrogens with one attached hydrogen (secondary N) is 1. The van der Waals surface area contributed by atoms with Gasteiger partial charge in [0.15, 0.2) is 5.60 Å². The van der Waals surface area contributed by atoms with Gasteiger partial charge < -0.3 is 15.3 Å². The smallest absolute Gasteiger partial charge is 0.255 e. The zero-order chi connectivity index (χ0) is 17.6. The van der Waals surface area contributed by atoms with Crippen molar-refractivity contribution >= 4 is 15.7 Å². The highest BCUT2D eigenvalue weighted by atomic mass is 32.2. The van der Waals surface area contributed by atoms with E-state index in [1.807, 2.05) is 0 Å². The maximum Gasteiger partial charge on any atom is 0.255 e. The van der Waals surface area contributed by atoms with Gasteiger partial charge in [0.1, 0.15) is 9.84 Å². The Bertz CT molecular complexity index is 517. The van der Waals surface area contributed by atoms with Crippen LogP contribution in [0.2, 0.25) is 0 Å². The van der Waals surface area contributed by atoms with Crippen LogP contribution >= 0.6 is 0 Å². The molecule has 0 bridgehead atoms. The van der Waals surface area contributed by atoms with Crippen LogP contribution in [0.3, 0.4) is 0 Å². The molecule has 1 saturated heterocycles. The Kier molecular flexibility index (Phi) is 7.07. The van der Waals surface area contributed by atoms with Crippen LogP contribution in [-0.4, -0.2) is 68.1 Å². The molecule has 0 aromatic carbocycles. The van der Waals surface area contributed by atoms with E-state index in [9.17, 15) is 18.3 Å². The van der Waals surface area contributed by atoms with Crippen molar-refractivity contribution in [3.8, 4) is 0 Å². The van der Waals surface area contributed by atoms with Gasteiger partial charge in [0.05, 0.1) is 5.75 Å². The van der Waals surface area contributed by atoms with Gasteiger partial charge in [-0.05, 0) is 25.2 Å². The van der Waals surface area contributed by atoms with Gasteiger partial charge in [-0.2, -0.15) is 0 Å². The number of carbonyl (C=O) groups is 1. The first kappa shape index (κ1) is 19.7. The Hall–Kier alpha value is -0.660. The molecular formula is C17H32N2O4S. The Morgan fingerprint density at radius 1 is 1.25 bits per heavy atom. The lowest BCUT2D eigenvalue weighted by atomic mass is 9.86. The van der Waals surface area contributed by atoms with Gasteiger partial charge in [0.25, 0.3) is 5.91 Å². The first-order chi connectivity index (χ1) is 11.3. The topological polar surface area (TPSA) is 86.7 Å². The standard InChI is InChI=1S/C17H32N2O4S/c1-24(22,23)13-10-18-14-17(21)9-5-11-19(16(17)20)12-8-15-6-3-2-4-7-15/h15,18,21H,2-14H2,1H3. The molecule has 2 rings (SSSR count). The second kappa shape index (κ2) is 8.63. The lowest BCUT2D eigenvalue weighted by molar-refractivity contribution is -0.156. The van der Waals surface area contributed by atoms with Gasteiger partial charge >= 0.3 is 0 Å². The van der Waals surface area contributed by atoms with Crippen LogP contribution in [-0.2, 0) is 14.6 Å². The van der Waals surface area contributed by atoms with E-state index in [1.165, 1.54) is 38.4 Å². The molecule has 0 aromatic rings. The van der Waals surface area contributed by atoms with Gasteiger partial charge in [-0.1, -0.05) is 32.1 Å². The van der Waals surface area contributed by atoms with E-state index in [1.54, 1.807) is 4.90 Å². The summed E-state index contributed by atoms with van der Waals surface area (Å²) in [6, 6.07) is 0. The molecule has 7 heteroatoms. The molecule has 1 unspecified atom stereocenters. The Morgan fingerprint density at radius 3 is 2.62 bits per heavy atom. The first-order valence-electron chi connectivity index (χ1n) is 9.20. The van der Waals surface area contributed by atoms with Crippen molar-refractivity contribution in [2.24, 2.45) is 5.92 Å². The molecule has 24 heavy (non-hydrogen) atoms. The monoisotopic (exact) mass is 360 g/mol. The largest absolute Gasteiger partial charge is 0.379 e. The third-order valence-corrected chi connectivity index (χ3v) is 6.25. The molecule has 2 N–H and O–H groups in total. The van der Waals surface area contributed by atoms with Gasteiger partial charge in [-0.15, -0.1) is 0 Å². The molecule has 2 aliphatic rings. The summed E-state index contributed by atoms with van der Waals surface area (Å²) in [6.07, 6.45) is 9.90. The van der Waals surface area contributed by atoms with Crippen molar-refractivity contribution < 1.29 is 18.3 Å². The molecule has 140 valence electrons. The number of nitrogens with zero attached hydrogens (tertiary/aromatic N) is 1. The van der Waals surface area contributed by atoms with Crippen molar-refractivity contribution in [3.63, 3.8) is 0 Å². The summed E-state index contributed by atoms with van der Waals surface area (Å²) < 4.78 is 22.3. The van der Waals surface area contributed by atoms with Crippen LogP contribution in [0.15, 0.2) is 0 Å². The summed E-state index contributed by atoms with van der Waals surface area (Å²) in [5.74, 6) is 0.536. The van der Waals surface area contributed by atoms with Crippen LogP contribution in [0.1, 0.15) is 51.4 Å². The lowest BCUT2D eigenvalue weighted by Crippen LogP contribution is -2.58. The number of amides is 1. The first-order valence-corrected chi connectivity index (χ1v) is 11.3. The number of sulfone groups is 1. The minimum Gasteiger partial charge on any atom is -0.379 e. The predicted molar refractivity (Wildman–Crippen MR) is 94.5 cm³/mol. The van der Waals surface area contributed by atoms with Crippen LogP contribution in [0, 0.1) is 5.92 Å². The fraction of sp³-hybridized carbons (Fsp3) is 0.941. The normalized spacial score (nSPS) is 26.8. The molecular weight excluding hydrogens is 328 g/mol. The van der Waals surface area contributed by atoms with Crippen LogP contribution in [0.25, 0.3) is 0 Å². The van der Waals surface area contributed by atoms with E-state index in [2.05, 4.69) is 5.32 Å². The average molecular weight is 361 g/mol. The van der Waals surface area contributed by atoms with Crippen molar-refractivity contribution in [1.29, 1.82) is 0 Å². The maximum atomic E-state index is 12.6. The molecule has 0 radical (unpaired) electrons. The minimum absolute atomic E-state index is 0.0165. The van der Waals surface area contributed by atoms with Crippen molar-refractivity contribution in [2.75, 3.05) is 38.2 Å². The number of aliphatic hydroxyl groups is 1. The van der Waals surface area contributed by atoms with E-state index in [-0.39, 0.29) is 24.7 Å². The summed E-state index contributed by atoms with van der Waals surface area (Å²) in [7, 11) is -3.03. The molecule has 0 aromatic heterocycles. The minimum atomic E-state index is -3.03. The molecule has 1 atom stereocenters. The van der Waals surface area contributed by atoms with E-state index in [0.717, 1.165) is 31.8 Å². The van der Waals surface area contributed by atoms with Crippen molar-refractivity contribution in [3.05, 3.63) is 0 Å². The molecule has 6 nitrogen and oxygen atoms in total. The maximum absolute atomic E-state index is 12.6. The second-order valence-electron chi connectivity index (χ2n) is 7.53. The van der Waals surface area contributed by atoms with Gasteiger partial charge in [-0.25, -0.2) is 8.42 Å². The molecule has 1 aliphatic heterocycles. The summed E-state index contributed by atoms with van der Waals surface area (Å²) >= 11 is 0. The van der Waals surface area contributed by atoms with Crippen LogP contribution < -0.4 is 5.32 Å². The number of hydrogen-bond acceptors (Lipinski definition) is 5. The summed E-state index contributed by atoms with van der Waals surface area (Å²) in [4.78, 5) is 14.4. The average Bonchev–Trinajstić information content (AvgIpc) is 2.53. The fourth-order valence-electron chi connectivity index (χ4n) is 3.81. The van der Waals surface area contributed by atoms with Crippen LogP contribution in [0.5, 0.6) is 0 Å². The van der Waals surface area contributed by atoms with E-state index < -0.39 is 15.4 Å². The lowest BCUT2D eigenvalue weighted by Gasteiger charge is -2.39. The molecule has 2 fully saturated rings. The Balaban J connectivity index is 1.79. The molecule has 1 aliphatic carbocycles. The van der Waals surface area contributed by atoms with Gasteiger partial charge in [0, 0.05) is 32.4 Å². The Labute approximate surface area is 145 Å². The molecule has 1 saturated carbocycles. The summed E-state index contributed by atoms with van der Waals surface area (Å²) in [5, 5.41) is 13.6. The quantitative estimate of drug-likeness (QED) is 0.629. The highest BCUT2D eigenvalue weighted by Gasteiger charge is 2.41. The van der Waals surface area contributed by atoms with Gasteiger partial charge in [-0.3, -0.25) is 4.79 Å². The highest BCUT2D eigenvalue weighted by molar-refractivity contribution is 7.90. The van der Waals surface area contributed by atoms with Gasteiger partial charge in [0.2, 0.25) is 0 Å². The molecule has 1 amide bonds. The molecule has 1 heterocycles. The number of rotatable bonds is 8. The predicted octanol–water partition coefficient (Wildman–Crippen LogP) is 0.944. The number of piperidine rings is 1. The SMILES string of the molecule is CS(=O)(=O)CCNCC1(O)CCCN(CCC2CCCCC2)C1=O. The van der Waals surface area contributed by atoms with Crippen LogP contribution in [0.4, 0.5) is 0 Å². The second-order valence-corrected chi connectivity index (χ2v) is 9.79. The summed E-state index contributed by atoms with van der Waals surface area (Å²) in [6.45, 7) is 1.84. The third-order valence-electron chi connectivity index (χ3n) is 5.30. The van der Waals surface area contributed by atoms with Crippen molar-refractivity contribution in [2.45, 2.75) is 57.0 Å². The summed E-state index contributed by atoms with van der Waals surface area (Å²) in [5.41, 5.74) is -1.39. The number of likely N-dealkylation sites (tertiary alicyclic amines) is 1. The third kappa shape index (κ3) is 6.01. The highest BCUT2D eigenvalue weighted by Crippen LogP contribution is 2.28. The molecule has 0 spiro atoms. The zero-order valence-electron chi connectivity index (χ0n) is 14.8. The number of hydrogen-bond donors (Lipinski definition) is 2. The van der Waals surface area contributed by atoms with Crippen molar-refractivity contribution in [1.82, 2.24) is 10.2 Å². The Morgan fingerprint density at radius 2 is 1.96 bits per heavy atom. The van der Waals surface area contributed by atoms with E-state index in [0.29, 0.717) is 6.42 Å². The van der Waals surface area contributed by atoms with E-state index >= 15 is 0 Å². The van der Waals surface area contributed by atoms with E-state index in [4.69, 9.17) is 0 Å². The zero-order valence-corrected chi connectivity index (χ0v) is 15.6. The fourth-order valence-corrected chi connectivity index (χ4v) is 4.32.